The molecule has 0 bridgehead atoms. The third-order valence-electron chi connectivity index (χ3n) is 9.72. The van der Waals surface area contributed by atoms with Gasteiger partial charge in [-0.05, 0) is 105 Å². The molecule has 0 aromatic carbocycles. The maximum absolute atomic E-state index is 10.9. The molecule has 4 rings (SSSR count). The molecule has 4 unspecified atom stereocenters. The van der Waals surface area contributed by atoms with Gasteiger partial charge in [-0.25, -0.2) is 0 Å². The van der Waals surface area contributed by atoms with E-state index in [1.165, 1.54) is 64.2 Å². The minimum Gasteiger partial charge on any atom is -0.481 e. The normalized spacial score (nSPS) is 45.7. The van der Waals surface area contributed by atoms with Crippen LogP contribution in [-0.2, 0) is 4.79 Å². The van der Waals surface area contributed by atoms with E-state index < -0.39 is 5.97 Å². The zero-order valence-corrected chi connectivity index (χ0v) is 18.4. The van der Waals surface area contributed by atoms with Crippen LogP contribution in [0, 0.1) is 40.4 Å². The van der Waals surface area contributed by atoms with Crippen LogP contribution >= 0.6 is 0 Å². The molecule has 0 radical (unpaired) electrons. The van der Waals surface area contributed by atoms with Gasteiger partial charge in [-0.2, -0.15) is 0 Å². The smallest absolute Gasteiger partial charge is 0.303 e. The number of aliphatic carboxylic acids is 1. The lowest BCUT2D eigenvalue weighted by Crippen LogP contribution is -2.52. The molecule has 0 spiro atoms. The second-order valence-electron chi connectivity index (χ2n) is 10.5. The fourth-order valence-electron chi connectivity index (χ4n) is 8.38. The molecule has 0 heterocycles. The molecule has 0 aromatic heterocycles. The number of carboxylic acids is 1. The molecule has 156 valence electrons. The Labute approximate surface area is 167 Å². The second kappa shape index (κ2) is 8.46. The molecule has 1 N–H and O–H groups in total. The lowest BCUT2D eigenvalue weighted by molar-refractivity contribution is -0.137. The van der Waals surface area contributed by atoms with Crippen LogP contribution in [0.2, 0.25) is 0 Å². The third-order valence-corrected chi connectivity index (χ3v) is 9.72. The Bertz CT molecular complexity index is 514. The summed E-state index contributed by atoms with van der Waals surface area (Å²) in [6.07, 6.45) is 17.0. The van der Waals surface area contributed by atoms with Gasteiger partial charge in [-0.3, -0.25) is 4.79 Å². The van der Waals surface area contributed by atoms with Crippen LogP contribution in [0.4, 0.5) is 0 Å². The Hall–Kier alpha value is -0.530. The summed E-state index contributed by atoms with van der Waals surface area (Å²) in [5, 5.41) is 8.98. The van der Waals surface area contributed by atoms with E-state index in [4.69, 9.17) is 5.11 Å². The SMILES string of the molecule is CC.C[C@]12CCCCC1CCC1C2CC[C@@]2(C)C1CC[C@@H]2CCCC(=O)O. The van der Waals surface area contributed by atoms with Gasteiger partial charge in [0.15, 0.2) is 0 Å². The molecular formula is C25H44O2. The average Bonchev–Trinajstić information content (AvgIpc) is 2.99. The van der Waals surface area contributed by atoms with Crippen LogP contribution in [0.1, 0.15) is 111 Å². The van der Waals surface area contributed by atoms with Crippen molar-refractivity contribution in [3.05, 3.63) is 0 Å². The fraction of sp³-hybridized carbons (Fsp3) is 0.960. The molecule has 27 heavy (non-hydrogen) atoms. The Morgan fingerprint density at radius 2 is 1.63 bits per heavy atom. The van der Waals surface area contributed by atoms with Crippen molar-refractivity contribution >= 4 is 5.97 Å². The first-order valence-electron chi connectivity index (χ1n) is 12.2. The summed E-state index contributed by atoms with van der Waals surface area (Å²) in [7, 11) is 0. The topological polar surface area (TPSA) is 37.3 Å². The molecule has 2 heteroatoms. The maximum Gasteiger partial charge on any atom is 0.303 e. The van der Waals surface area contributed by atoms with E-state index in [-0.39, 0.29) is 0 Å². The van der Waals surface area contributed by atoms with Gasteiger partial charge in [0.05, 0.1) is 0 Å². The lowest BCUT2D eigenvalue weighted by atomic mass is 9.45. The van der Waals surface area contributed by atoms with Crippen molar-refractivity contribution in [1.82, 2.24) is 0 Å². The van der Waals surface area contributed by atoms with E-state index in [1.807, 2.05) is 13.8 Å². The van der Waals surface area contributed by atoms with Crippen LogP contribution in [0.3, 0.4) is 0 Å². The zero-order valence-electron chi connectivity index (χ0n) is 18.4. The first kappa shape index (κ1) is 21.2. The minimum absolute atomic E-state index is 0.364. The van der Waals surface area contributed by atoms with E-state index in [0.29, 0.717) is 17.3 Å². The summed E-state index contributed by atoms with van der Waals surface area (Å²) in [6, 6.07) is 0. The van der Waals surface area contributed by atoms with Gasteiger partial charge in [0.1, 0.15) is 0 Å². The summed E-state index contributed by atoms with van der Waals surface area (Å²) >= 11 is 0. The van der Waals surface area contributed by atoms with Crippen LogP contribution < -0.4 is 0 Å². The fourth-order valence-corrected chi connectivity index (χ4v) is 8.38. The molecule has 0 aliphatic heterocycles. The summed E-state index contributed by atoms with van der Waals surface area (Å²) in [5.74, 6) is 4.08. The molecule has 4 aliphatic rings. The number of rotatable bonds is 4. The monoisotopic (exact) mass is 376 g/mol. The number of hydrogen-bond donors (Lipinski definition) is 1. The first-order chi connectivity index (χ1) is 12.9. The van der Waals surface area contributed by atoms with Crippen molar-refractivity contribution in [2.24, 2.45) is 40.4 Å². The minimum atomic E-state index is -0.619. The van der Waals surface area contributed by atoms with E-state index in [0.717, 1.165) is 42.4 Å². The van der Waals surface area contributed by atoms with Crippen molar-refractivity contribution in [2.75, 3.05) is 0 Å². The Kier molecular flexibility index (Phi) is 6.63. The van der Waals surface area contributed by atoms with Crippen LogP contribution in [0.25, 0.3) is 0 Å². The quantitative estimate of drug-likeness (QED) is 0.558. The second-order valence-corrected chi connectivity index (χ2v) is 10.5. The third kappa shape index (κ3) is 3.71. The van der Waals surface area contributed by atoms with Gasteiger partial charge in [0, 0.05) is 6.42 Å². The molecule has 0 aromatic rings. The standard InChI is InChI=1S/C23H38O2.C2H6/c1-22-14-4-3-6-16(22)9-11-18-19-12-10-17(7-5-8-21(24)25)23(19,2)15-13-20(18)22;1-2/h16-20H,3-15H2,1-2H3,(H,24,25);1-2H3/t16?,17-,18?,19?,20?,22-,23+;/m0./s1. The van der Waals surface area contributed by atoms with Crippen LogP contribution in [-0.4, -0.2) is 11.1 Å². The maximum atomic E-state index is 10.9. The van der Waals surface area contributed by atoms with E-state index in [2.05, 4.69) is 13.8 Å². The summed E-state index contributed by atoms with van der Waals surface area (Å²) in [6.45, 7) is 9.25. The zero-order chi connectivity index (χ0) is 19.7. The van der Waals surface area contributed by atoms with Crippen molar-refractivity contribution in [1.29, 1.82) is 0 Å². The molecule has 4 aliphatic carbocycles. The molecule has 7 atom stereocenters. The predicted octanol–water partition coefficient (Wildman–Crippen LogP) is 7.32. The number of hydrogen-bond acceptors (Lipinski definition) is 1. The largest absolute Gasteiger partial charge is 0.481 e. The predicted molar refractivity (Wildman–Crippen MR) is 113 cm³/mol. The molecule has 0 saturated heterocycles. The molecule has 2 nitrogen and oxygen atoms in total. The number of fused-ring (bicyclic) bond motifs is 5. The molecular weight excluding hydrogens is 332 g/mol. The summed E-state index contributed by atoms with van der Waals surface area (Å²) in [4.78, 5) is 10.9. The Balaban J connectivity index is 0.00000102. The van der Waals surface area contributed by atoms with E-state index in [9.17, 15) is 4.79 Å². The van der Waals surface area contributed by atoms with E-state index >= 15 is 0 Å². The van der Waals surface area contributed by atoms with Gasteiger partial charge in [-0.15, -0.1) is 0 Å². The summed E-state index contributed by atoms with van der Waals surface area (Å²) in [5.41, 5.74) is 1.15. The Morgan fingerprint density at radius 3 is 2.37 bits per heavy atom. The van der Waals surface area contributed by atoms with Crippen LogP contribution in [0.5, 0.6) is 0 Å². The molecule has 4 fully saturated rings. The van der Waals surface area contributed by atoms with Crippen LogP contribution in [0.15, 0.2) is 0 Å². The number of carbonyl (C=O) groups is 1. The van der Waals surface area contributed by atoms with Gasteiger partial charge < -0.3 is 5.11 Å². The highest BCUT2D eigenvalue weighted by atomic mass is 16.4. The lowest BCUT2D eigenvalue weighted by Gasteiger charge is -2.60. The highest BCUT2D eigenvalue weighted by molar-refractivity contribution is 5.66. The average molecular weight is 377 g/mol. The highest BCUT2D eigenvalue weighted by Crippen LogP contribution is 2.67. The van der Waals surface area contributed by atoms with Gasteiger partial charge in [-0.1, -0.05) is 40.5 Å². The van der Waals surface area contributed by atoms with Crippen molar-refractivity contribution in [3.8, 4) is 0 Å². The van der Waals surface area contributed by atoms with E-state index in [1.54, 1.807) is 0 Å². The van der Waals surface area contributed by atoms with Gasteiger partial charge in [0.25, 0.3) is 0 Å². The Morgan fingerprint density at radius 1 is 0.889 bits per heavy atom. The van der Waals surface area contributed by atoms with Gasteiger partial charge in [0.2, 0.25) is 0 Å². The van der Waals surface area contributed by atoms with Crippen molar-refractivity contribution in [2.45, 2.75) is 111 Å². The first-order valence-corrected chi connectivity index (χ1v) is 12.2. The molecule has 0 amide bonds. The highest BCUT2D eigenvalue weighted by Gasteiger charge is 2.59. The molecule has 4 saturated carbocycles. The van der Waals surface area contributed by atoms with Crippen molar-refractivity contribution < 1.29 is 9.90 Å². The van der Waals surface area contributed by atoms with Crippen molar-refractivity contribution in [3.63, 3.8) is 0 Å². The number of carboxylic acid groups (broad SMARTS) is 1. The summed E-state index contributed by atoms with van der Waals surface area (Å²) < 4.78 is 0. The van der Waals surface area contributed by atoms with Gasteiger partial charge >= 0.3 is 5.97 Å².